The maximum Gasteiger partial charge on any atom is 0.291 e. The molecule has 3 rings (SSSR count). The quantitative estimate of drug-likeness (QED) is 0.833. The first-order valence-electron chi connectivity index (χ1n) is 8.40. The summed E-state index contributed by atoms with van der Waals surface area (Å²) in [6.07, 6.45) is 3.07. The summed E-state index contributed by atoms with van der Waals surface area (Å²) in [6, 6.07) is 0. The first-order chi connectivity index (χ1) is 11.5. The van der Waals surface area contributed by atoms with Crippen molar-refractivity contribution in [3.8, 4) is 0 Å². The molecule has 2 aliphatic rings. The monoisotopic (exact) mass is 335 g/mol. The molecular formula is C17H25N3O4. The van der Waals surface area contributed by atoms with Gasteiger partial charge in [-0.05, 0) is 25.2 Å². The predicted octanol–water partition coefficient (Wildman–Crippen LogP) is 1.33. The molecule has 0 saturated carbocycles. The molecule has 2 aliphatic heterocycles. The third kappa shape index (κ3) is 2.92. The minimum absolute atomic E-state index is 0.0505. The number of methoxy groups -OCH3 is 1. The minimum Gasteiger partial charge on any atom is -0.438 e. The third-order valence-electron chi connectivity index (χ3n) is 5.61. The Morgan fingerprint density at radius 1 is 1.38 bits per heavy atom. The van der Waals surface area contributed by atoms with Crippen LogP contribution in [0.4, 0.5) is 0 Å². The Labute approximate surface area is 141 Å². The van der Waals surface area contributed by atoms with Gasteiger partial charge in [0.05, 0.1) is 12.3 Å². The Hall–Kier alpha value is -1.89. The summed E-state index contributed by atoms with van der Waals surface area (Å²) in [5.74, 6) is 0.681. The highest BCUT2D eigenvalue weighted by Crippen LogP contribution is 2.45. The normalized spacial score (nSPS) is 23.0. The van der Waals surface area contributed by atoms with Gasteiger partial charge in [-0.25, -0.2) is 4.98 Å². The van der Waals surface area contributed by atoms with Crippen LogP contribution in [-0.2, 0) is 9.53 Å². The van der Waals surface area contributed by atoms with E-state index in [0.717, 1.165) is 25.9 Å². The molecule has 0 bridgehead atoms. The first kappa shape index (κ1) is 17.0. The van der Waals surface area contributed by atoms with Gasteiger partial charge in [0, 0.05) is 46.1 Å². The highest BCUT2D eigenvalue weighted by Gasteiger charge is 2.49. The van der Waals surface area contributed by atoms with Gasteiger partial charge in [0.2, 0.25) is 11.7 Å². The molecule has 0 radical (unpaired) electrons. The zero-order valence-corrected chi connectivity index (χ0v) is 14.6. The summed E-state index contributed by atoms with van der Waals surface area (Å²) in [4.78, 5) is 32.1. The molecule has 2 amide bonds. The number of piperidine rings is 1. The number of carbonyl (C=O) groups excluding carboxylic acids is 2. The van der Waals surface area contributed by atoms with Crippen molar-refractivity contribution in [2.45, 2.75) is 26.7 Å². The second-order valence-electron chi connectivity index (χ2n) is 6.97. The Kier molecular flexibility index (Phi) is 4.62. The van der Waals surface area contributed by atoms with Crippen LogP contribution in [0, 0.1) is 18.3 Å². The van der Waals surface area contributed by atoms with E-state index in [0.29, 0.717) is 37.1 Å². The average Bonchev–Trinajstić information content (AvgIpc) is 3.13. The van der Waals surface area contributed by atoms with Crippen LogP contribution >= 0.6 is 0 Å². The van der Waals surface area contributed by atoms with E-state index in [2.05, 4.69) is 4.98 Å². The van der Waals surface area contributed by atoms with Crippen molar-refractivity contribution in [3.05, 3.63) is 17.8 Å². The molecule has 0 N–H and O–H groups in total. The lowest BCUT2D eigenvalue weighted by atomic mass is 9.71. The number of amides is 2. The van der Waals surface area contributed by atoms with Crippen molar-refractivity contribution in [2.75, 3.05) is 39.9 Å². The molecule has 3 heterocycles. The van der Waals surface area contributed by atoms with E-state index in [-0.39, 0.29) is 17.2 Å². The number of ether oxygens (including phenoxy) is 1. The van der Waals surface area contributed by atoms with Crippen molar-refractivity contribution in [3.63, 3.8) is 0 Å². The van der Waals surface area contributed by atoms with Crippen LogP contribution in [0.15, 0.2) is 10.8 Å². The van der Waals surface area contributed by atoms with E-state index in [1.807, 2.05) is 9.80 Å². The Morgan fingerprint density at radius 3 is 2.62 bits per heavy atom. The molecule has 1 aromatic heterocycles. The zero-order valence-electron chi connectivity index (χ0n) is 14.6. The predicted molar refractivity (Wildman–Crippen MR) is 86.4 cm³/mol. The summed E-state index contributed by atoms with van der Waals surface area (Å²) >= 11 is 0. The second kappa shape index (κ2) is 6.55. The SMILES string of the molecule is COCC1CN(C(C)=O)CC12CCN(C(=O)c1ocnc1C)CC2. The highest BCUT2D eigenvalue weighted by atomic mass is 16.5. The van der Waals surface area contributed by atoms with Crippen molar-refractivity contribution < 1.29 is 18.7 Å². The van der Waals surface area contributed by atoms with Gasteiger partial charge in [-0.1, -0.05) is 0 Å². The minimum atomic E-state index is -0.0930. The number of likely N-dealkylation sites (tertiary alicyclic amines) is 2. The van der Waals surface area contributed by atoms with Gasteiger partial charge < -0.3 is 19.0 Å². The number of rotatable bonds is 3. The summed E-state index contributed by atoms with van der Waals surface area (Å²) in [6.45, 7) is 6.90. The van der Waals surface area contributed by atoms with E-state index in [1.54, 1.807) is 21.0 Å². The number of carbonyl (C=O) groups is 2. The van der Waals surface area contributed by atoms with Gasteiger partial charge in [0.25, 0.3) is 5.91 Å². The average molecular weight is 335 g/mol. The fraction of sp³-hybridized carbons (Fsp3) is 0.706. The van der Waals surface area contributed by atoms with Crippen molar-refractivity contribution >= 4 is 11.8 Å². The maximum absolute atomic E-state index is 12.6. The maximum atomic E-state index is 12.6. The van der Waals surface area contributed by atoms with Gasteiger partial charge in [0.1, 0.15) is 0 Å². The lowest BCUT2D eigenvalue weighted by Gasteiger charge is -2.42. The smallest absolute Gasteiger partial charge is 0.291 e. The van der Waals surface area contributed by atoms with Crippen LogP contribution in [-0.4, -0.2) is 66.5 Å². The van der Waals surface area contributed by atoms with Crippen LogP contribution in [0.2, 0.25) is 0 Å². The lowest BCUT2D eigenvalue weighted by Crippen LogP contribution is -2.47. The van der Waals surface area contributed by atoms with Gasteiger partial charge in [-0.3, -0.25) is 9.59 Å². The fourth-order valence-electron chi connectivity index (χ4n) is 4.08. The van der Waals surface area contributed by atoms with E-state index in [4.69, 9.17) is 9.15 Å². The number of hydrogen-bond acceptors (Lipinski definition) is 5. The molecule has 24 heavy (non-hydrogen) atoms. The molecule has 0 aromatic carbocycles. The molecule has 2 fully saturated rings. The largest absolute Gasteiger partial charge is 0.438 e. The number of nitrogens with zero attached hydrogens (tertiary/aromatic N) is 3. The molecular weight excluding hydrogens is 310 g/mol. The van der Waals surface area contributed by atoms with Gasteiger partial charge in [-0.15, -0.1) is 0 Å². The van der Waals surface area contributed by atoms with E-state index in [1.165, 1.54) is 6.39 Å². The summed E-state index contributed by atoms with van der Waals surface area (Å²) in [7, 11) is 1.70. The van der Waals surface area contributed by atoms with Crippen LogP contribution in [0.25, 0.3) is 0 Å². The summed E-state index contributed by atoms with van der Waals surface area (Å²) < 4.78 is 10.6. The van der Waals surface area contributed by atoms with Gasteiger partial charge in [0.15, 0.2) is 6.39 Å². The van der Waals surface area contributed by atoms with Crippen molar-refractivity contribution in [2.24, 2.45) is 11.3 Å². The van der Waals surface area contributed by atoms with Crippen LogP contribution in [0.5, 0.6) is 0 Å². The molecule has 1 atom stereocenters. The lowest BCUT2D eigenvalue weighted by molar-refractivity contribution is -0.128. The van der Waals surface area contributed by atoms with Crippen molar-refractivity contribution in [1.29, 1.82) is 0 Å². The van der Waals surface area contributed by atoms with Gasteiger partial charge >= 0.3 is 0 Å². The van der Waals surface area contributed by atoms with Crippen molar-refractivity contribution in [1.82, 2.24) is 14.8 Å². The molecule has 2 saturated heterocycles. The zero-order chi connectivity index (χ0) is 17.3. The Morgan fingerprint density at radius 2 is 2.08 bits per heavy atom. The third-order valence-corrected chi connectivity index (χ3v) is 5.61. The first-order valence-corrected chi connectivity index (χ1v) is 8.40. The van der Waals surface area contributed by atoms with Crippen LogP contribution in [0.1, 0.15) is 36.0 Å². The van der Waals surface area contributed by atoms with Gasteiger partial charge in [-0.2, -0.15) is 0 Å². The van der Waals surface area contributed by atoms with Crippen LogP contribution < -0.4 is 0 Å². The van der Waals surface area contributed by atoms with E-state index < -0.39 is 0 Å². The Balaban J connectivity index is 1.69. The molecule has 7 nitrogen and oxygen atoms in total. The standard InChI is InChI=1S/C17H25N3O4/c1-12-15(24-11-18-12)16(22)19-6-4-17(5-7-19)10-20(13(2)21)8-14(17)9-23-3/h11,14H,4-10H2,1-3H3. The second-order valence-corrected chi connectivity index (χ2v) is 6.97. The number of aryl methyl sites for hydroxylation is 1. The fourth-order valence-corrected chi connectivity index (χ4v) is 4.08. The molecule has 1 unspecified atom stereocenters. The number of aromatic nitrogens is 1. The Bertz CT molecular complexity index is 619. The summed E-state index contributed by atoms with van der Waals surface area (Å²) in [5.41, 5.74) is 0.677. The number of hydrogen-bond donors (Lipinski definition) is 0. The molecule has 1 aromatic rings. The molecule has 1 spiro atoms. The molecule has 132 valence electrons. The molecule has 0 aliphatic carbocycles. The topological polar surface area (TPSA) is 75.9 Å². The number of oxazole rings is 1. The van der Waals surface area contributed by atoms with E-state index in [9.17, 15) is 9.59 Å². The van der Waals surface area contributed by atoms with Crippen LogP contribution in [0.3, 0.4) is 0 Å². The highest BCUT2D eigenvalue weighted by molar-refractivity contribution is 5.92. The summed E-state index contributed by atoms with van der Waals surface area (Å²) in [5, 5.41) is 0. The molecule has 7 heteroatoms. The van der Waals surface area contributed by atoms with E-state index >= 15 is 0 Å².